The SMILES string of the molecule is Cc1nc(C2(N)CCC2C)no1. The molecule has 1 aliphatic rings. The molecule has 1 fully saturated rings. The van der Waals surface area contributed by atoms with Crippen molar-refractivity contribution in [2.75, 3.05) is 0 Å². The zero-order valence-electron chi connectivity index (χ0n) is 7.37. The van der Waals surface area contributed by atoms with E-state index in [4.69, 9.17) is 10.3 Å². The number of rotatable bonds is 1. The van der Waals surface area contributed by atoms with Crippen LogP contribution in [0.5, 0.6) is 0 Å². The van der Waals surface area contributed by atoms with Crippen LogP contribution in [-0.2, 0) is 5.54 Å². The Balaban J connectivity index is 2.30. The van der Waals surface area contributed by atoms with Crippen LogP contribution in [0.3, 0.4) is 0 Å². The van der Waals surface area contributed by atoms with Crippen LogP contribution in [0.1, 0.15) is 31.5 Å². The maximum absolute atomic E-state index is 6.10. The third-order valence-electron chi connectivity index (χ3n) is 2.81. The molecule has 0 aromatic carbocycles. The quantitative estimate of drug-likeness (QED) is 0.676. The zero-order chi connectivity index (χ0) is 8.77. The first-order valence-corrected chi connectivity index (χ1v) is 4.22. The lowest BCUT2D eigenvalue weighted by molar-refractivity contribution is 0.130. The predicted molar refractivity (Wildman–Crippen MR) is 43.3 cm³/mol. The van der Waals surface area contributed by atoms with Crippen LogP contribution in [0.4, 0.5) is 0 Å². The molecule has 0 saturated heterocycles. The standard InChI is InChI=1S/C8H13N3O/c1-5-3-4-8(5,9)7-10-6(2)12-11-7/h5H,3-4,9H2,1-2H3. The molecule has 4 nitrogen and oxygen atoms in total. The van der Waals surface area contributed by atoms with Crippen molar-refractivity contribution in [1.82, 2.24) is 10.1 Å². The van der Waals surface area contributed by atoms with E-state index in [0.29, 0.717) is 17.6 Å². The number of hydrogen-bond donors (Lipinski definition) is 1. The molecule has 0 bridgehead atoms. The van der Waals surface area contributed by atoms with Gasteiger partial charge in [-0.2, -0.15) is 4.98 Å². The summed E-state index contributed by atoms with van der Waals surface area (Å²) in [6.45, 7) is 3.90. The van der Waals surface area contributed by atoms with Gasteiger partial charge >= 0.3 is 0 Å². The first-order valence-electron chi connectivity index (χ1n) is 4.22. The van der Waals surface area contributed by atoms with Gasteiger partial charge in [0.1, 0.15) is 0 Å². The second-order valence-electron chi connectivity index (χ2n) is 3.62. The molecule has 66 valence electrons. The molecule has 0 amide bonds. The highest BCUT2D eigenvalue weighted by Crippen LogP contribution is 2.42. The van der Waals surface area contributed by atoms with Gasteiger partial charge in [-0.25, -0.2) is 0 Å². The lowest BCUT2D eigenvalue weighted by Crippen LogP contribution is -2.51. The van der Waals surface area contributed by atoms with E-state index in [9.17, 15) is 0 Å². The van der Waals surface area contributed by atoms with E-state index >= 15 is 0 Å². The van der Waals surface area contributed by atoms with E-state index in [2.05, 4.69) is 17.1 Å². The first kappa shape index (κ1) is 7.73. The van der Waals surface area contributed by atoms with Crippen molar-refractivity contribution in [3.63, 3.8) is 0 Å². The van der Waals surface area contributed by atoms with Gasteiger partial charge in [-0.15, -0.1) is 0 Å². The fraction of sp³-hybridized carbons (Fsp3) is 0.750. The third kappa shape index (κ3) is 0.876. The molecule has 0 spiro atoms. The monoisotopic (exact) mass is 167 g/mol. The minimum atomic E-state index is -0.322. The minimum Gasteiger partial charge on any atom is -0.340 e. The summed E-state index contributed by atoms with van der Waals surface area (Å²) in [5.41, 5.74) is 5.77. The van der Waals surface area contributed by atoms with E-state index in [1.807, 2.05) is 0 Å². The topological polar surface area (TPSA) is 64.9 Å². The Labute approximate surface area is 71.1 Å². The summed E-state index contributed by atoms with van der Waals surface area (Å²) in [5.74, 6) is 1.72. The van der Waals surface area contributed by atoms with Gasteiger partial charge in [-0.1, -0.05) is 12.1 Å². The summed E-state index contributed by atoms with van der Waals surface area (Å²) in [7, 11) is 0. The fourth-order valence-corrected chi connectivity index (χ4v) is 1.56. The lowest BCUT2D eigenvalue weighted by Gasteiger charge is -2.42. The molecular weight excluding hydrogens is 154 g/mol. The number of nitrogens with two attached hydrogens (primary N) is 1. The molecule has 1 heterocycles. The maximum Gasteiger partial charge on any atom is 0.223 e. The second-order valence-corrected chi connectivity index (χ2v) is 3.62. The van der Waals surface area contributed by atoms with Crippen molar-refractivity contribution < 1.29 is 4.52 Å². The summed E-state index contributed by atoms with van der Waals surface area (Å²) in [6.07, 6.45) is 2.12. The normalized spacial score (nSPS) is 34.8. The molecule has 1 aliphatic carbocycles. The van der Waals surface area contributed by atoms with Gasteiger partial charge in [-0.05, 0) is 18.8 Å². The molecule has 1 aromatic rings. The van der Waals surface area contributed by atoms with Crippen LogP contribution < -0.4 is 5.73 Å². The van der Waals surface area contributed by atoms with Crippen molar-refractivity contribution in [3.8, 4) is 0 Å². The number of aromatic nitrogens is 2. The lowest BCUT2D eigenvalue weighted by atomic mass is 9.68. The molecule has 2 rings (SSSR count). The molecule has 12 heavy (non-hydrogen) atoms. The highest BCUT2D eigenvalue weighted by Gasteiger charge is 2.45. The van der Waals surface area contributed by atoms with Gasteiger partial charge in [0.15, 0.2) is 5.82 Å². The Hall–Kier alpha value is -0.900. The molecular formula is C8H13N3O. The summed E-state index contributed by atoms with van der Waals surface area (Å²) < 4.78 is 4.89. The van der Waals surface area contributed by atoms with Gasteiger partial charge in [-0.3, -0.25) is 0 Å². The smallest absolute Gasteiger partial charge is 0.223 e. The molecule has 2 unspecified atom stereocenters. The number of hydrogen-bond acceptors (Lipinski definition) is 4. The van der Waals surface area contributed by atoms with Crippen LogP contribution in [0.15, 0.2) is 4.52 Å². The van der Waals surface area contributed by atoms with E-state index in [-0.39, 0.29) is 5.54 Å². The Morgan fingerprint density at radius 1 is 1.67 bits per heavy atom. The maximum atomic E-state index is 6.10. The molecule has 4 heteroatoms. The predicted octanol–water partition coefficient (Wildman–Crippen LogP) is 0.962. The van der Waals surface area contributed by atoms with Crippen molar-refractivity contribution >= 4 is 0 Å². The molecule has 2 atom stereocenters. The second kappa shape index (κ2) is 2.29. The molecule has 1 saturated carbocycles. The van der Waals surface area contributed by atoms with Crippen LogP contribution in [0.25, 0.3) is 0 Å². The zero-order valence-corrected chi connectivity index (χ0v) is 7.37. The van der Waals surface area contributed by atoms with Crippen LogP contribution >= 0.6 is 0 Å². The van der Waals surface area contributed by atoms with Crippen LogP contribution in [0, 0.1) is 12.8 Å². The van der Waals surface area contributed by atoms with Gasteiger partial charge in [0.25, 0.3) is 0 Å². The summed E-state index contributed by atoms with van der Waals surface area (Å²) >= 11 is 0. The van der Waals surface area contributed by atoms with Crippen molar-refractivity contribution in [1.29, 1.82) is 0 Å². The molecule has 0 radical (unpaired) electrons. The van der Waals surface area contributed by atoms with Gasteiger partial charge in [0.2, 0.25) is 5.89 Å². The van der Waals surface area contributed by atoms with Crippen LogP contribution in [0.2, 0.25) is 0 Å². The summed E-state index contributed by atoms with van der Waals surface area (Å²) in [4.78, 5) is 4.15. The number of aryl methyl sites for hydroxylation is 1. The van der Waals surface area contributed by atoms with Gasteiger partial charge in [0, 0.05) is 6.92 Å². The Kier molecular flexibility index (Phi) is 1.48. The summed E-state index contributed by atoms with van der Waals surface area (Å²) in [6, 6.07) is 0. The van der Waals surface area contributed by atoms with Crippen molar-refractivity contribution in [2.24, 2.45) is 11.7 Å². The fourth-order valence-electron chi connectivity index (χ4n) is 1.56. The van der Waals surface area contributed by atoms with E-state index < -0.39 is 0 Å². The van der Waals surface area contributed by atoms with Crippen LogP contribution in [-0.4, -0.2) is 10.1 Å². The first-order chi connectivity index (χ1) is 5.63. The number of nitrogens with zero attached hydrogens (tertiary/aromatic N) is 2. The molecule has 0 aliphatic heterocycles. The van der Waals surface area contributed by atoms with E-state index in [1.54, 1.807) is 6.92 Å². The third-order valence-corrected chi connectivity index (χ3v) is 2.81. The van der Waals surface area contributed by atoms with Crippen molar-refractivity contribution in [2.45, 2.75) is 32.2 Å². The Bertz CT molecular complexity index is 296. The minimum absolute atomic E-state index is 0.322. The molecule has 1 aromatic heterocycles. The average molecular weight is 167 g/mol. The molecule has 2 N–H and O–H groups in total. The van der Waals surface area contributed by atoms with Crippen molar-refractivity contribution in [3.05, 3.63) is 11.7 Å². The average Bonchev–Trinajstić information content (AvgIpc) is 2.47. The van der Waals surface area contributed by atoms with Gasteiger partial charge in [0.05, 0.1) is 5.54 Å². The largest absolute Gasteiger partial charge is 0.340 e. The van der Waals surface area contributed by atoms with E-state index in [0.717, 1.165) is 12.8 Å². The summed E-state index contributed by atoms with van der Waals surface area (Å²) in [5, 5.41) is 3.85. The Morgan fingerprint density at radius 2 is 2.42 bits per heavy atom. The van der Waals surface area contributed by atoms with E-state index in [1.165, 1.54) is 0 Å². The highest BCUT2D eigenvalue weighted by atomic mass is 16.5. The van der Waals surface area contributed by atoms with Gasteiger partial charge < -0.3 is 10.3 Å². The Morgan fingerprint density at radius 3 is 2.75 bits per heavy atom. The highest BCUT2D eigenvalue weighted by molar-refractivity contribution is 5.11.